The molecule has 1 aliphatic rings. The van der Waals surface area contributed by atoms with Crippen molar-refractivity contribution in [2.45, 2.75) is 25.8 Å². The molecule has 0 spiro atoms. The Morgan fingerprint density at radius 1 is 1.39 bits per heavy atom. The van der Waals surface area contributed by atoms with Gasteiger partial charge in [-0.2, -0.15) is 5.10 Å². The molecule has 0 fully saturated rings. The van der Waals surface area contributed by atoms with Crippen molar-refractivity contribution in [1.82, 2.24) is 19.9 Å². The molecule has 116 valence electrons. The van der Waals surface area contributed by atoms with Gasteiger partial charge in [0.25, 0.3) is 11.5 Å². The van der Waals surface area contributed by atoms with Gasteiger partial charge in [-0.1, -0.05) is 24.3 Å². The SMILES string of the molecule is Cc1cc2[nH]c(=O)c(C(=O)N[C@@H]3CCc4ccccc43)cn2n1. The normalized spacial score (nSPS) is 16.5. The fourth-order valence-electron chi connectivity index (χ4n) is 3.18. The fourth-order valence-corrected chi connectivity index (χ4v) is 3.18. The molecule has 0 bridgehead atoms. The van der Waals surface area contributed by atoms with E-state index in [0.29, 0.717) is 5.65 Å². The number of fused-ring (bicyclic) bond motifs is 2. The predicted octanol–water partition coefficient (Wildman–Crippen LogP) is 1.75. The lowest BCUT2D eigenvalue weighted by atomic mass is 10.1. The third-order valence-electron chi connectivity index (χ3n) is 4.28. The Morgan fingerprint density at radius 3 is 3.09 bits per heavy atom. The van der Waals surface area contributed by atoms with Gasteiger partial charge in [0.05, 0.1) is 11.7 Å². The number of aromatic nitrogens is 3. The highest BCUT2D eigenvalue weighted by atomic mass is 16.2. The van der Waals surface area contributed by atoms with Crippen LogP contribution in [-0.2, 0) is 6.42 Å². The van der Waals surface area contributed by atoms with Crippen molar-refractivity contribution in [1.29, 1.82) is 0 Å². The van der Waals surface area contributed by atoms with Gasteiger partial charge in [-0.3, -0.25) is 9.59 Å². The number of nitrogens with one attached hydrogen (secondary N) is 2. The quantitative estimate of drug-likeness (QED) is 0.757. The van der Waals surface area contributed by atoms with Gasteiger partial charge in [-0.25, -0.2) is 4.52 Å². The van der Waals surface area contributed by atoms with E-state index in [1.165, 1.54) is 16.3 Å². The maximum atomic E-state index is 12.5. The van der Waals surface area contributed by atoms with E-state index in [9.17, 15) is 9.59 Å². The van der Waals surface area contributed by atoms with Crippen LogP contribution < -0.4 is 10.9 Å². The summed E-state index contributed by atoms with van der Waals surface area (Å²) in [5, 5.41) is 7.20. The Kier molecular flexibility index (Phi) is 3.04. The molecule has 0 unspecified atom stereocenters. The van der Waals surface area contributed by atoms with E-state index in [0.717, 1.165) is 24.1 Å². The Labute approximate surface area is 132 Å². The van der Waals surface area contributed by atoms with E-state index < -0.39 is 5.56 Å². The maximum absolute atomic E-state index is 12.5. The van der Waals surface area contributed by atoms with E-state index in [4.69, 9.17) is 0 Å². The molecule has 23 heavy (non-hydrogen) atoms. The number of benzene rings is 1. The van der Waals surface area contributed by atoms with E-state index in [1.807, 2.05) is 25.1 Å². The van der Waals surface area contributed by atoms with Gasteiger partial charge >= 0.3 is 0 Å². The lowest BCUT2D eigenvalue weighted by Crippen LogP contribution is -2.32. The maximum Gasteiger partial charge on any atom is 0.263 e. The topological polar surface area (TPSA) is 79.3 Å². The van der Waals surface area contributed by atoms with E-state index in [-0.39, 0.29) is 17.5 Å². The summed E-state index contributed by atoms with van der Waals surface area (Å²) in [6.07, 6.45) is 3.28. The minimum atomic E-state index is -0.402. The number of carbonyl (C=O) groups is 1. The van der Waals surface area contributed by atoms with Crippen molar-refractivity contribution < 1.29 is 4.79 Å². The average molecular weight is 308 g/mol. The zero-order valence-electron chi connectivity index (χ0n) is 12.7. The summed E-state index contributed by atoms with van der Waals surface area (Å²) in [5.41, 5.74) is 3.42. The fraction of sp³-hybridized carbons (Fsp3) is 0.235. The smallest absolute Gasteiger partial charge is 0.263 e. The zero-order valence-corrected chi connectivity index (χ0v) is 12.7. The lowest BCUT2D eigenvalue weighted by molar-refractivity contribution is 0.0934. The number of amides is 1. The molecule has 1 aliphatic carbocycles. The van der Waals surface area contributed by atoms with Crippen molar-refractivity contribution >= 4 is 11.6 Å². The Morgan fingerprint density at radius 2 is 2.22 bits per heavy atom. The van der Waals surface area contributed by atoms with Gasteiger partial charge in [0.1, 0.15) is 11.2 Å². The number of carbonyl (C=O) groups excluding carboxylic acids is 1. The van der Waals surface area contributed by atoms with Crippen molar-refractivity contribution in [3.8, 4) is 0 Å². The number of H-pyrrole nitrogens is 1. The minimum Gasteiger partial charge on any atom is -0.345 e. The Bertz CT molecular complexity index is 970. The first-order chi connectivity index (χ1) is 11.1. The highest BCUT2D eigenvalue weighted by molar-refractivity contribution is 5.94. The molecule has 0 radical (unpaired) electrons. The van der Waals surface area contributed by atoms with Gasteiger partial charge in [0.2, 0.25) is 0 Å². The summed E-state index contributed by atoms with van der Waals surface area (Å²) in [6.45, 7) is 1.83. The third kappa shape index (κ3) is 2.32. The Hall–Kier alpha value is -2.89. The standard InChI is InChI=1S/C17H16N4O2/c1-10-8-15-19-17(23)13(9-21(15)20-10)16(22)18-14-7-6-11-4-2-3-5-12(11)14/h2-5,8-9,14H,6-7H2,1H3,(H,18,22)(H,19,23)/t14-/m1/s1. The molecule has 0 saturated heterocycles. The zero-order chi connectivity index (χ0) is 16.0. The van der Waals surface area contributed by atoms with Gasteiger partial charge in [-0.05, 0) is 30.9 Å². The molecule has 4 rings (SSSR count). The number of rotatable bonds is 2. The number of aryl methyl sites for hydroxylation is 2. The molecule has 0 saturated carbocycles. The lowest BCUT2D eigenvalue weighted by Gasteiger charge is -2.13. The van der Waals surface area contributed by atoms with Gasteiger partial charge in [-0.15, -0.1) is 0 Å². The summed E-state index contributed by atoms with van der Waals surface area (Å²) in [5.74, 6) is -0.372. The number of hydrogen-bond acceptors (Lipinski definition) is 3. The monoisotopic (exact) mass is 308 g/mol. The first kappa shape index (κ1) is 13.8. The molecule has 2 aromatic heterocycles. The third-order valence-corrected chi connectivity index (χ3v) is 4.28. The van der Waals surface area contributed by atoms with Crippen LogP contribution in [-0.4, -0.2) is 20.5 Å². The summed E-state index contributed by atoms with van der Waals surface area (Å²) in [7, 11) is 0. The minimum absolute atomic E-state index is 0.0480. The van der Waals surface area contributed by atoms with Crippen molar-refractivity contribution in [2.24, 2.45) is 0 Å². The van der Waals surface area contributed by atoms with Crippen LogP contribution in [0.15, 0.2) is 41.3 Å². The first-order valence-electron chi connectivity index (χ1n) is 7.60. The van der Waals surface area contributed by atoms with Crippen molar-refractivity contribution in [3.63, 3.8) is 0 Å². The average Bonchev–Trinajstić information content (AvgIpc) is 3.09. The summed E-state index contributed by atoms with van der Waals surface area (Å²) in [4.78, 5) is 27.3. The molecule has 2 N–H and O–H groups in total. The Balaban J connectivity index is 1.65. The molecule has 2 heterocycles. The van der Waals surface area contributed by atoms with Crippen LogP contribution in [0.25, 0.3) is 5.65 Å². The van der Waals surface area contributed by atoms with Crippen LogP contribution in [0.3, 0.4) is 0 Å². The number of aromatic amines is 1. The van der Waals surface area contributed by atoms with E-state index in [2.05, 4.69) is 21.5 Å². The van der Waals surface area contributed by atoms with Crippen LogP contribution in [0, 0.1) is 6.92 Å². The van der Waals surface area contributed by atoms with Crippen molar-refractivity contribution in [2.75, 3.05) is 0 Å². The second kappa shape index (κ2) is 5.08. The van der Waals surface area contributed by atoms with Crippen LogP contribution in [0.2, 0.25) is 0 Å². The molecule has 1 atom stereocenters. The molecule has 1 amide bonds. The van der Waals surface area contributed by atoms with Crippen LogP contribution >= 0.6 is 0 Å². The second-order valence-electron chi connectivity index (χ2n) is 5.88. The number of nitrogens with zero attached hydrogens (tertiary/aromatic N) is 2. The largest absolute Gasteiger partial charge is 0.345 e. The van der Waals surface area contributed by atoms with Crippen molar-refractivity contribution in [3.05, 3.63) is 69.3 Å². The van der Waals surface area contributed by atoms with Gasteiger partial charge in [0.15, 0.2) is 0 Å². The molecule has 3 aromatic rings. The molecule has 0 aliphatic heterocycles. The molecular formula is C17H16N4O2. The van der Waals surface area contributed by atoms with Crippen LogP contribution in [0.5, 0.6) is 0 Å². The van der Waals surface area contributed by atoms with Crippen LogP contribution in [0.1, 0.15) is 39.6 Å². The molecular weight excluding hydrogens is 292 g/mol. The molecule has 1 aromatic carbocycles. The molecule has 6 heteroatoms. The number of hydrogen-bond donors (Lipinski definition) is 2. The van der Waals surface area contributed by atoms with Crippen LogP contribution in [0.4, 0.5) is 0 Å². The molecule has 6 nitrogen and oxygen atoms in total. The summed E-state index contributed by atoms with van der Waals surface area (Å²) >= 11 is 0. The summed E-state index contributed by atoms with van der Waals surface area (Å²) < 4.78 is 1.52. The van der Waals surface area contributed by atoms with Gasteiger partial charge in [0, 0.05) is 12.3 Å². The first-order valence-corrected chi connectivity index (χ1v) is 7.60. The van der Waals surface area contributed by atoms with Gasteiger partial charge < -0.3 is 10.3 Å². The second-order valence-corrected chi connectivity index (χ2v) is 5.88. The summed E-state index contributed by atoms with van der Waals surface area (Å²) in [6, 6.07) is 9.78. The highest BCUT2D eigenvalue weighted by Gasteiger charge is 2.25. The predicted molar refractivity (Wildman–Crippen MR) is 85.5 cm³/mol. The highest BCUT2D eigenvalue weighted by Crippen LogP contribution is 2.30. The van der Waals surface area contributed by atoms with E-state index in [1.54, 1.807) is 6.07 Å². The van der Waals surface area contributed by atoms with E-state index >= 15 is 0 Å².